The van der Waals surface area contributed by atoms with Gasteiger partial charge in [-0.2, -0.15) is 0 Å². The number of rotatable bonds is 9. The lowest BCUT2D eigenvalue weighted by Crippen LogP contribution is -2.38. The molecule has 0 radical (unpaired) electrons. The molecule has 7 nitrogen and oxygen atoms in total. The molecule has 0 heterocycles. The third-order valence-electron chi connectivity index (χ3n) is 2.79. The van der Waals surface area contributed by atoms with Gasteiger partial charge in [0.05, 0.1) is 4.90 Å². The highest BCUT2D eigenvalue weighted by molar-refractivity contribution is 7.89. The maximum Gasteiger partial charge on any atom is 0.320 e. The van der Waals surface area contributed by atoms with Crippen LogP contribution >= 0.6 is 0 Å². The molecule has 1 aromatic carbocycles. The molecule has 1 unspecified atom stereocenters. The van der Waals surface area contributed by atoms with Crippen LogP contribution in [0.15, 0.2) is 29.2 Å². The lowest BCUT2D eigenvalue weighted by Gasteiger charge is -2.13. The first-order chi connectivity index (χ1) is 9.84. The van der Waals surface area contributed by atoms with Crippen LogP contribution in [0.1, 0.15) is 19.8 Å². The van der Waals surface area contributed by atoms with Crippen molar-refractivity contribution in [2.24, 2.45) is 5.14 Å². The summed E-state index contributed by atoms with van der Waals surface area (Å²) in [6, 6.07) is 5.13. The van der Waals surface area contributed by atoms with Crippen LogP contribution in [0.4, 0.5) is 0 Å². The van der Waals surface area contributed by atoms with Crippen molar-refractivity contribution in [3.05, 3.63) is 24.3 Å². The predicted molar refractivity (Wildman–Crippen MR) is 77.6 cm³/mol. The zero-order chi connectivity index (χ0) is 15.9. The van der Waals surface area contributed by atoms with E-state index in [4.69, 9.17) is 15.0 Å². The summed E-state index contributed by atoms with van der Waals surface area (Å²) in [6.45, 7) is 2.58. The number of hydrogen-bond donors (Lipinski definition) is 3. The second kappa shape index (κ2) is 7.96. The van der Waals surface area contributed by atoms with E-state index in [0.29, 0.717) is 18.7 Å². The van der Waals surface area contributed by atoms with E-state index in [1.54, 1.807) is 0 Å². The van der Waals surface area contributed by atoms with Crippen molar-refractivity contribution < 1.29 is 23.1 Å². The molecule has 0 aliphatic rings. The van der Waals surface area contributed by atoms with Crippen molar-refractivity contribution in [1.82, 2.24) is 5.32 Å². The minimum Gasteiger partial charge on any atom is -0.492 e. The average molecular weight is 316 g/mol. The first-order valence-electron chi connectivity index (χ1n) is 6.56. The lowest BCUT2D eigenvalue weighted by molar-refractivity contribution is -0.139. The minimum absolute atomic E-state index is 0.0156. The van der Waals surface area contributed by atoms with Gasteiger partial charge in [-0.05, 0) is 30.7 Å². The van der Waals surface area contributed by atoms with Crippen LogP contribution in [-0.2, 0) is 14.8 Å². The smallest absolute Gasteiger partial charge is 0.320 e. The van der Waals surface area contributed by atoms with Crippen molar-refractivity contribution in [2.45, 2.75) is 30.7 Å². The number of carbonyl (C=O) groups is 1. The van der Waals surface area contributed by atoms with E-state index in [-0.39, 0.29) is 11.5 Å². The molecular weight excluding hydrogens is 296 g/mol. The third-order valence-corrected chi connectivity index (χ3v) is 3.72. The molecule has 0 saturated carbocycles. The summed E-state index contributed by atoms with van der Waals surface area (Å²) in [5.74, 6) is -0.388. The van der Waals surface area contributed by atoms with Crippen LogP contribution in [0, 0.1) is 0 Å². The second-order valence-corrected chi connectivity index (χ2v) is 6.06. The quantitative estimate of drug-likeness (QED) is 0.573. The van der Waals surface area contributed by atoms with Gasteiger partial charge in [-0.1, -0.05) is 13.3 Å². The number of sulfonamides is 1. The zero-order valence-electron chi connectivity index (χ0n) is 11.8. The Morgan fingerprint density at radius 3 is 2.48 bits per heavy atom. The average Bonchev–Trinajstić information content (AvgIpc) is 2.41. The first-order valence-corrected chi connectivity index (χ1v) is 8.11. The normalized spacial score (nSPS) is 12.9. The van der Waals surface area contributed by atoms with Crippen LogP contribution in [0.25, 0.3) is 0 Å². The Balaban J connectivity index is 2.41. The number of aliphatic carboxylic acids is 1. The van der Waals surface area contributed by atoms with Gasteiger partial charge in [0, 0.05) is 6.54 Å². The van der Waals surface area contributed by atoms with Gasteiger partial charge in [0.1, 0.15) is 18.4 Å². The van der Waals surface area contributed by atoms with Crippen LogP contribution < -0.4 is 15.2 Å². The van der Waals surface area contributed by atoms with Crippen molar-refractivity contribution in [1.29, 1.82) is 0 Å². The van der Waals surface area contributed by atoms with E-state index >= 15 is 0 Å². The van der Waals surface area contributed by atoms with Crippen LogP contribution in [-0.4, -0.2) is 38.7 Å². The highest BCUT2D eigenvalue weighted by atomic mass is 32.2. The summed E-state index contributed by atoms with van der Waals surface area (Å²) < 4.78 is 27.5. The number of nitrogens with two attached hydrogens (primary N) is 1. The largest absolute Gasteiger partial charge is 0.492 e. The summed E-state index contributed by atoms with van der Waals surface area (Å²) in [6.07, 6.45) is 1.33. The number of carboxylic acid groups (broad SMARTS) is 1. The first kappa shape index (κ1) is 17.4. The molecule has 4 N–H and O–H groups in total. The van der Waals surface area contributed by atoms with Gasteiger partial charge in [-0.25, -0.2) is 13.6 Å². The topological polar surface area (TPSA) is 119 Å². The Labute approximate surface area is 124 Å². The molecule has 0 aliphatic carbocycles. The van der Waals surface area contributed by atoms with Crippen molar-refractivity contribution >= 4 is 16.0 Å². The Kier molecular flexibility index (Phi) is 6.60. The Hall–Kier alpha value is -1.64. The van der Waals surface area contributed by atoms with Gasteiger partial charge in [0.2, 0.25) is 10.0 Å². The summed E-state index contributed by atoms with van der Waals surface area (Å²) >= 11 is 0. The summed E-state index contributed by atoms with van der Waals surface area (Å²) in [7, 11) is -3.71. The van der Waals surface area contributed by atoms with Gasteiger partial charge in [-0.3, -0.25) is 4.79 Å². The molecule has 0 fully saturated rings. The maximum absolute atomic E-state index is 11.1. The van der Waals surface area contributed by atoms with Crippen molar-refractivity contribution in [3.63, 3.8) is 0 Å². The number of ether oxygens (including phenoxy) is 1. The molecule has 1 rings (SSSR count). The maximum atomic E-state index is 11.1. The van der Waals surface area contributed by atoms with Crippen LogP contribution in [0.3, 0.4) is 0 Å². The molecule has 0 aromatic heterocycles. The van der Waals surface area contributed by atoms with Gasteiger partial charge in [0.25, 0.3) is 0 Å². The van der Waals surface area contributed by atoms with Crippen molar-refractivity contribution in [3.8, 4) is 5.75 Å². The van der Waals surface area contributed by atoms with Gasteiger partial charge in [-0.15, -0.1) is 0 Å². The van der Waals surface area contributed by atoms with Crippen LogP contribution in [0.2, 0.25) is 0 Å². The highest BCUT2D eigenvalue weighted by Gasteiger charge is 2.14. The number of nitrogens with one attached hydrogen (secondary N) is 1. The molecule has 0 saturated heterocycles. The SMILES string of the molecule is CCCC(NCCOc1ccc(S(N)(=O)=O)cc1)C(=O)O. The summed E-state index contributed by atoms with van der Waals surface area (Å²) in [4.78, 5) is 10.9. The van der Waals surface area contributed by atoms with Gasteiger partial charge < -0.3 is 15.2 Å². The van der Waals surface area contributed by atoms with Crippen LogP contribution in [0.5, 0.6) is 5.75 Å². The molecular formula is C13H20N2O5S. The molecule has 118 valence electrons. The zero-order valence-corrected chi connectivity index (χ0v) is 12.6. The Morgan fingerprint density at radius 1 is 1.38 bits per heavy atom. The van der Waals surface area contributed by atoms with E-state index < -0.39 is 22.0 Å². The fourth-order valence-electron chi connectivity index (χ4n) is 1.73. The molecule has 0 bridgehead atoms. The molecule has 0 aliphatic heterocycles. The number of carboxylic acids is 1. The highest BCUT2D eigenvalue weighted by Crippen LogP contribution is 2.14. The van der Waals surface area contributed by atoms with E-state index in [9.17, 15) is 13.2 Å². The fourth-order valence-corrected chi connectivity index (χ4v) is 2.24. The van der Waals surface area contributed by atoms with E-state index in [1.807, 2.05) is 6.92 Å². The second-order valence-electron chi connectivity index (χ2n) is 4.50. The standard InChI is InChI=1S/C13H20N2O5S/c1-2-3-12(13(16)17)15-8-9-20-10-4-6-11(7-5-10)21(14,18)19/h4-7,12,15H,2-3,8-9H2,1H3,(H,16,17)(H2,14,18,19). The van der Waals surface area contributed by atoms with E-state index in [0.717, 1.165) is 6.42 Å². The monoisotopic (exact) mass is 316 g/mol. The molecule has 0 amide bonds. The summed E-state index contributed by atoms with van der Waals surface area (Å²) in [5, 5.41) is 16.8. The molecule has 1 atom stereocenters. The number of primary sulfonamides is 1. The molecule has 1 aromatic rings. The number of benzene rings is 1. The summed E-state index contributed by atoms with van der Waals surface area (Å²) in [5.41, 5.74) is 0. The van der Waals surface area contributed by atoms with E-state index in [2.05, 4.69) is 5.32 Å². The van der Waals surface area contributed by atoms with Crippen molar-refractivity contribution in [2.75, 3.05) is 13.2 Å². The minimum atomic E-state index is -3.71. The lowest BCUT2D eigenvalue weighted by atomic mass is 10.2. The van der Waals surface area contributed by atoms with E-state index in [1.165, 1.54) is 24.3 Å². The van der Waals surface area contributed by atoms with Gasteiger partial charge in [0.15, 0.2) is 0 Å². The number of hydrogen-bond acceptors (Lipinski definition) is 5. The third kappa shape index (κ3) is 6.11. The molecule has 21 heavy (non-hydrogen) atoms. The fraction of sp³-hybridized carbons (Fsp3) is 0.462. The molecule has 0 spiro atoms. The predicted octanol–water partition coefficient (Wildman–Crippen LogP) is 0.556. The van der Waals surface area contributed by atoms with Gasteiger partial charge >= 0.3 is 5.97 Å². The Bertz CT molecular complexity index is 556. The Morgan fingerprint density at radius 2 is 2.00 bits per heavy atom. The molecule has 8 heteroatoms.